The van der Waals surface area contributed by atoms with E-state index in [4.69, 9.17) is 0 Å². The van der Waals surface area contributed by atoms with E-state index < -0.39 is 0 Å². The molecule has 2 rings (SSSR count). The van der Waals surface area contributed by atoms with Crippen molar-refractivity contribution in [2.75, 3.05) is 38.7 Å². The topological polar surface area (TPSA) is 6.48 Å². The second-order valence-corrected chi connectivity index (χ2v) is 6.32. The zero-order valence-corrected chi connectivity index (χ0v) is 10.9. The monoisotopic (exact) mass is 228 g/mol. The summed E-state index contributed by atoms with van der Waals surface area (Å²) in [5.74, 6) is 2.77. The van der Waals surface area contributed by atoms with Crippen LogP contribution in [0.5, 0.6) is 0 Å². The lowest BCUT2D eigenvalue weighted by molar-refractivity contribution is 0.0918. The van der Waals surface area contributed by atoms with Crippen LogP contribution < -0.4 is 0 Å². The first-order valence-electron chi connectivity index (χ1n) is 6.25. The Morgan fingerprint density at radius 2 is 1.87 bits per heavy atom. The van der Waals surface area contributed by atoms with Gasteiger partial charge < -0.3 is 4.90 Å². The van der Waals surface area contributed by atoms with Crippen LogP contribution in [-0.2, 0) is 0 Å². The maximum Gasteiger partial charge on any atom is 0.0217 e. The van der Waals surface area contributed by atoms with Gasteiger partial charge in [0, 0.05) is 18.6 Å². The average Bonchev–Trinajstić information content (AvgIpc) is 2.30. The molecular weight excluding hydrogens is 204 g/mol. The van der Waals surface area contributed by atoms with Crippen molar-refractivity contribution >= 4 is 11.8 Å². The van der Waals surface area contributed by atoms with Gasteiger partial charge in [-0.15, -0.1) is 0 Å². The van der Waals surface area contributed by atoms with Crippen molar-refractivity contribution in [3.8, 4) is 0 Å². The molecule has 0 spiro atoms. The Balaban J connectivity index is 1.85. The lowest BCUT2D eigenvalue weighted by Gasteiger charge is -2.41. The van der Waals surface area contributed by atoms with Gasteiger partial charge in [0.1, 0.15) is 0 Å². The largest absolute Gasteiger partial charge is 0.305 e. The van der Waals surface area contributed by atoms with Gasteiger partial charge >= 0.3 is 0 Å². The lowest BCUT2D eigenvalue weighted by Crippen LogP contribution is -2.50. The summed E-state index contributed by atoms with van der Waals surface area (Å²) in [5, 5.41) is 0. The highest BCUT2D eigenvalue weighted by molar-refractivity contribution is 7.99. The van der Waals surface area contributed by atoms with Crippen molar-refractivity contribution in [3.63, 3.8) is 0 Å². The first kappa shape index (κ1) is 11.7. The van der Waals surface area contributed by atoms with E-state index >= 15 is 0 Å². The van der Waals surface area contributed by atoms with Crippen LogP contribution in [0.2, 0.25) is 0 Å². The number of likely N-dealkylation sites (N-methyl/N-ethyl adjacent to an activating group) is 1. The molecule has 0 N–H and O–H groups in total. The molecule has 2 saturated heterocycles. The Morgan fingerprint density at radius 3 is 2.53 bits per heavy atom. The Hall–Kier alpha value is 0.270. The third-order valence-electron chi connectivity index (χ3n) is 3.87. The average molecular weight is 228 g/mol. The van der Waals surface area contributed by atoms with Gasteiger partial charge in [-0.2, -0.15) is 11.8 Å². The van der Waals surface area contributed by atoms with Crippen LogP contribution in [0.3, 0.4) is 0 Å². The zero-order chi connectivity index (χ0) is 10.7. The Kier molecular flexibility index (Phi) is 4.35. The second kappa shape index (κ2) is 5.55. The summed E-state index contributed by atoms with van der Waals surface area (Å²) in [5.41, 5.74) is 0. The molecule has 0 radical (unpaired) electrons. The van der Waals surface area contributed by atoms with E-state index in [9.17, 15) is 0 Å². The number of thioether (sulfide) groups is 1. The van der Waals surface area contributed by atoms with E-state index in [1.54, 1.807) is 0 Å². The predicted molar refractivity (Wildman–Crippen MR) is 68.6 cm³/mol. The molecule has 15 heavy (non-hydrogen) atoms. The van der Waals surface area contributed by atoms with E-state index in [0.29, 0.717) is 0 Å². The highest BCUT2D eigenvalue weighted by atomic mass is 32.2. The van der Waals surface area contributed by atoms with E-state index in [2.05, 4.69) is 35.7 Å². The normalized spacial score (nSPS) is 31.0. The fourth-order valence-electron chi connectivity index (χ4n) is 2.79. The smallest absolute Gasteiger partial charge is 0.0217 e. The highest BCUT2D eigenvalue weighted by Crippen LogP contribution is 2.25. The molecule has 3 heteroatoms. The number of hydrogen-bond acceptors (Lipinski definition) is 3. The van der Waals surface area contributed by atoms with E-state index in [1.807, 2.05) is 0 Å². The summed E-state index contributed by atoms with van der Waals surface area (Å²) < 4.78 is 0. The minimum Gasteiger partial charge on any atom is -0.305 e. The Labute approximate surface area is 98.4 Å². The molecule has 2 aliphatic rings. The molecule has 0 aromatic rings. The van der Waals surface area contributed by atoms with Crippen LogP contribution >= 0.6 is 11.8 Å². The van der Waals surface area contributed by atoms with Crippen molar-refractivity contribution in [1.82, 2.24) is 9.80 Å². The lowest BCUT2D eigenvalue weighted by atomic mass is 10.0. The molecule has 0 saturated carbocycles. The van der Waals surface area contributed by atoms with Crippen molar-refractivity contribution in [1.29, 1.82) is 0 Å². The first-order chi connectivity index (χ1) is 7.27. The maximum atomic E-state index is 2.76. The molecule has 0 aromatic heterocycles. The van der Waals surface area contributed by atoms with Crippen LogP contribution in [0.4, 0.5) is 0 Å². The highest BCUT2D eigenvalue weighted by Gasteiger charge is 2.27. The van der Waals surface area contributed by atoms with E-state index in [1.165, 1.54) is 50.3 Å². The Morgan fingerprint density at radius 1 is 1.13 bits per heavy atom. The van der Waals surface area contributed by atoms with E-state index in [-0.39, 0.29) is 0 Å². The van der Waals surface area contributed by atoms with Gasteiger partial charge in [0.25, 0.3) is 0 Å². The fraction of sp³-hybridized carbons (Fsp3) is 1.00. The first-order valence-corrected chi connectivity index (χ1v) is 7.41. The molecule has 88 valence electrons. The van der Waals surface area contributed by atoms with Gasteiger partial charge in [-0.25, -0.2) is 0 Å². The van der Waals surface area contributed by atoms with Crippen molar-refractivity contribution in [3.05, 3.63) is 0 Å². The summed E-state index contributed by atoms with van der Waals surface area (Å²) in [4.78, 5) is 5.16. The van der Waals surface area contributed by atoms with Crippen LogP contribution in [0.15, 0.2) is 0 Å². The van der Waals surface area contributed by atoms with Gasteiger partial charge in [-0.1, -0.05) is 0 Å². The summed E-state index contributed by atoms with van der Waals surface area (Å²) >= 11 is 2.13. The molecule has 0 unspecified atom stereocenters. The minimum absolute atomic E-state index is 0.799. The van der Waals surface area contributed by atoms with Crippen LogP contribution in [0.1, 0.15) is 25.7 Å². The standard InChI is InChI=1S/C12H24N2S/c1-13(2)12-4-3-7-14(10-12)11-5-8-15-9-6-11/h11-12H,3-10H2,1-2H3/t12-/m0/s1. The Bertz CT molecular complexity index is 190. The van der Waals surface area contributed by atoms with Crippen molar-refractivity contribution in [2.45, 2.75) is 37.8 Å². The molecule has 0 aliphatic carbocycles. The summed E-state index contributed by atoms with van der Waals surface area (Å²) in [6.45, 7) is 2.65. The maximum absolute atomic E-state index is 2.76. The van der Waals surface area contributed by atoms with Crippen LogP contribution in [0, 0.1) is 0 Å². The summed E-state index contributed by atoms with van der Waals surface area (Å²) in [6.07, 6.45) is 5.63. The number of rotatable bonds is 2. The molecule has 1 atom stereocenters. The SMILES string of the molecule is CN(C)[C@H]1CCCN(C2CCSCC2)C1. The second-order valence-electron chi connectivity index (χ2n) is 5.10. The van der Waals surface area contributed by atoms with Gasteiger partial charge in [-0.05, 0) is 57.8 Å². The van der Waals surface area contributed by atoms with Gasteiger partial charge in [0.15, 0.2) is 0 Å². The molecule has 0 aromatic carbocycles. The third-order valence-corrected chi connectivity index (χ3v) is 4.91. The fourth-order valence-corrected chi connectivity index (χ4v) is 3.87. The van der Waals surface area contributed by atoms with E-state index in [0.717, 1.165) is 12.1 Å². The zero-order valence-electron chi connectivity index (χ0n) is 10.1. The summed E-state index contributed by atoms with van der Waals surface area (Å²) in [6, 6.07) is 1.70. The molecule has 2 fully saturated rings. The molecule has 0 amide bonds. The molecular formula is C12H24N2S. The van der Waals surface area contributed by atoms with Crippen molar-refractivity contribution in [2.24, 2.45) is 0 Å². The van der Waals surface area contributed by atoms with Crippen molar-refractivity contribution < 1.29 is 0 Å². The quantitative estimate of drug-likeness (QED) is 0.713. The van der Waals surface area contributed by atoms with Crippen LogP contribution in [-0.4, -0.2) is 60.6 Å². The molecule has 2 aliphatic heterocycles. The van der Waals surface area contributed by atoms with Gasteiger partial charge in [0.05, 0.1) is 0 Å². The number of nitrogens with zero attached hydrogens (tertiary/aromatic N) is 2. The number of hydrogen-bond donors (Lipinski definition) is 0. The van der Waals surface area contributed by atoms with Gasteiger partial charge in [0.2, 0.25) is 0 Å². The number of piperidine rings is 1. The van der Waals surface area contributed by atoms with Gasteiger partial charge in [-0.3, -0.25) is 4.90 Å². The molecule has 2 nitrogen and oxygen atoms in total. The minimum atomic E-state index is 0.799. The molecule has 0 bridgehead atoms. The molecule has 2 heterocycles. The number of likely N-dealkylation sites (tertiary alicyclic amines) is 1. The third kappa shape index (κ3) is 3.11. The van der Waals surface area contributed by atoms with Crippen LogP contribution in [0.25, 0.3) is 0 Å². The summed E-state index contributed by atoms with van der Waals surface area (Å²) in [7, 11) is 4.45. The predicted octanol–water partition coefficient (Wildman–Crippen LogP) is 1.91.